The van der Waals surface area contributed by atoms with Gasteiger partial charge in [-0.1, -0.05) is 50.2 Å². The first-order valence-electron chi connectivity index (χ1n) is 10.7. The third-order valence-electron chi connectivity index (χ3n) is 5.50. The lowest BCUT2D eigenvalue weighted by Gasteiger charge is -2.10. The van der Waals surface area contributed by atoms with Crippen LogP contribution in [0.2, 0.25) is 0 Å². The van der Waals surface area contributed by atoms with Crippen molar-refractivity contribution in [3.63, 3.8) is 0 Å². The van der Waals surface area contributed by atoms with E-state index in [0.717, 1.165) is 11.1 Å². The van der Waals surface area contributed by atoms with Gasteiger partial charge in [0.2, 0.25) is 9.84 Å². The van der Waals surface area contributed by atoms with Crippen LogP contribution in [-0.2, 0) is 9.84 Å². The monoisotopic (exact) mass is 458 g/mol. The molecule has 0 aliphatic carbocycles. The van der Waals surface area contributed by atoms with Crippen LogP contribution in [0.4, 0.5) is 0 Å². The topological polar surface area (TPSA) is 52.6 Å². The third kappa shape index (κ3) is 5.10. The van der Waals surface area contributed by atoms with Gasteiger partial charge in [0.25, 0.3) is 0 Å². The maximum Gasteiger partial charge on any atom is 0.206 e. The van der Waals surface area contributed by atoms with Crippen molar-refractivity contribution in [2.75, 3.05) is 7.11 Å². The second-order valence-electron chi connectivity index (χ2n) is 8.05. The molecule has 0 aromatic heterocycles. The van der Waals surface area contributed by atoms with Crippen molar-refractivity contribution in [1.82, 2.24) is 0 Å². The Bertz CT molecular complexity index is 1310. The van der Waals surface area contributed by atoms with Crippen LogP contribution < -0.4 is 9.47 Å². The molecule has 0 bridgehead atoms. The molecule has 0 radical (unpaired) electrons. The van der Waals surface area contributed by atoms with Gasteiger partial charge in [-0.15, -0.1) is 0 Å². The molecule has 0 saturated carbocycles. The van der Waals surface area contributed by atoms with Crippen molar-refractivity contribution in [2.45, 2.75) is 29.6 Å². The zero-order valence-electron chi connectivity index (χ0n) is 18.9. The Kier molecular flexibility index (Phi) is 6.52. The third-order valence-corrected chi connectivity index (χ3v) is 7.29. The Morgan fingerprint density at radius 3 is 1.39 bits per heavy atom. The summed E-state index contributed by atoms with van der Waals surface area (Å²) in [4.78, 5) is 0.425. The van der Waals surface area contributed by atoms with Crippen LogP contribution in [0.3, 0.4) is 0 Å². The van der Waals surface area contributed by atoms with E-state index in [1.54, 1.807) is 43.5 Å². The molecule has 4 aromatic carbocycles. The standard InChI is InChI=1S/C28H26O4S/c1-20(2)21-4-6-22(7-5-21)23-8-10-25(11-9-23)32-26-14-18-28(19-15-26)33(29,30)27-16-12-24(31-3)13-17-27/h4-20H,1-3H3. The summed E-state index contributed by atoms with van der Waals surface area (Å²) in [5.74, 6) is 2.37. The van der Waals surface area contributed by atoms with Crippen molar-refractivity contribution in [2.24, 2.45) is 0 Å². The highest BCUT2D eigenvalue weighted by Crippen LogP contribution is 2.29. The predicted molar refractivity (Wildman–Crippen MR) is 131 cm³/mol. The number of ether oxygens (including phenoxy) is 2. The smallest absolute Gasteiger partial charge is 0.206 e. The molecule has 0 spiro atoms. The molecule has 0 aliphatic rings. The van der Waals surface area contributed by atoms with Crippen molar-refractivity contribution in [3.05, 3.63) is 103 Å². The fraction of sp³-hybridized carbons (Fsp3) is 0.143. The van der Waals surface area contributed by atoms with Crippen molar-refractivity contribution < 1.29 is 17.9 Å². The van der Waals surface area contributed by atoms with E-state index in [2.05, 4.69) is 38.1 Å². The molecular formula is C28H26O4S. The summed E-state index contributed by atoms with van der Waals surface area (Å²) in [5.41, 5.74) is 3.58. The minimum atomic E-state index is -3.61. The summed E-state index contributed by atoms with van der Waals surface area (Å²) >= 11 is 0. The fourth-order valence-electron chi connectivity index (χ4n) is 3.49. The van der Waals surface area contributed by atoms with Crippen LogP contribution in [0.5, 0.6) is 17.2 Å². The van der Waals surface area contributed by atoms with Gasteiger partial charge in [0.05, 0.1) is 16.9 Å². The quantitative estimate of drug-likeness (QED) is 0.296. The maximum atomic E-state index is 12.9. The lowest BCUT2D eigenvalue weighted by Crippen LogP contribution is -2.01. The fourth-order valence-corrected chi connectivity index (χ4v) is 4.75. The molecule has 0 saturated heterocycles. The largest absolute Gasteiger partial charge is 0.497 e. The summed E-state index contributed by atoms with van der Waals surface area (Å²) in [7, 11) is -2.07. The van der Waals surface area contributed by atoms with Crippen molar-refractivity contribution >= 4 is 9.84 Å². The summed E-state index contributed by atoms with van der Waals surface area (Å²) < 4.78 is 36.7. The average molecular weight is 459 g/mol. The minimum Gasteiger partial charge on any atom is -0.497 e. The average Bonchev–Trinajstić information content (AvgIpc) is 2.85. The first-order valence-corrected chi connectivity index (χ1v) is 12.2. The van der Waals surface area contributed by atoms with Gasteiger partial charge in [0, 0.05) is 0 Å². The molecule has 168 valence electrons. The van der Waals surface area contributed by atoms with E-state index >= 15 is 0 Å². The summed E-state index contributed by atoms with van der Waals surface area (Å²) in [6.45, 7) is 4.37. The lowest BCUT2D eigenvalue weighted by atomic mass is 9.99. The molecule has 0 amide bonds. The molecule has 4 rings (SSSR count). The van der Waals surface area contributed by atoms with Crippen LogP contribution in [0.25, 0.3) is 11.1 Å². The normalized spacial score (nSPS) is 11.4. The maximum absolute atomic E-state index is 12.9. The SMILES string of the molecule is COc1ccc(S(=O)(=O)c2ccc(Oc3ccc(-c4ccc(C(C)C)cc4)cc3)cc2)cc1. The molecule has 0 unspecified atom stereocenters. The van der Waals surface area contributed by atoms with Crippen LogP contribution in [-0.4, -0.2) is 15.5 Å². The van der Waals surface area contributed by atoms with Crippen LogP contribution in [0.15, 0.2) is 107 Å². The summed E-state index contributed by atoms with van der Waals surface area (Å²) in [5, 5.41) is 0. The molecule has 5 heteroatoms. The Morgan fingerprint density at radius 2 is 0.970 bits per heavy atom. The summed E-state index contributed by atoms with van der Waals surface area (Å²) in [6, 6.07) is 29.2. The molecule has 0 fully saturated rings. The molecule has 0 N–H and O–H groups in total. The van der Waals surface area contributed by atoms with Gasteiger partial charge >= 0.3 is 0 Å². The first kappa shape index (κ1) is 22.6. The number of rotatable bonds is 7. The van der Waals surface area contributed by atoms with Crippen molar-refractivity contribution in [3.8, 4) is 28.4 Å². The predicted octanol–water partition coefficient (Wildman–Crippen LogP) is 7.11. The van der Waals surface area contributed by atoms with E-state index in [1.165, 1.54) is 17.7 Å². The van der Waals surface area contributed by atoms with E-state index in [-0.39, 0.29) is 9.79 Å². The van der Waals surface area contributed by atoms with Crippen LogP contribution >= 0.6 is 0 Å². The van der Waals surface area contributed by atoms with E-state index in [0.29, 0.717) is 23.2 Å². The van der Waals surface area contributed by atoms with E-state index < -0.39 is 9.84 Å². The second kappa shape index (κ2) is 9.51. The number of benzene rings is 4. The zero-order chi connectivity index (χ0) is 23.4. The van der Waals surface area contributed by atoms with Crippen LogP contribution in [0, 0.1) is 0 Å². The second-order valence-corrected chi connectivity index (χ2v) is 10.0. The lowest BCUT2D eigenvalue weighted by molar-refractivity contribution is 0.414. The van der Waals surface area contributed by atoms with Crippen LogP contribution in [0.1, 0.15) is 25.3 Å². The molecule has 0 heterocycles. The molecule has 0 atom stereocenters. The van der Waals surface area contributed by atoms with E-state index in [4.69, 9.17) is 9.47 Å². The molecular weight excluding hydrogens is 432 g/mol. The van der Waals surface area contributed by atoms with Crippen molar-refractivity contribution in [1.29, 1.82) is 0 Å². The van der Waals surface area contributed by atoms with Gasteiger partial charge in [-0.2, -0.15) is 0 Å². The molecule has 4 nitrogen and oxygen atoms in total. The number of hydrogen-bond acceptors (Lipinski definition) is 4. The Morgan fingerprint density at radius 1 is 0.576 bits per heavy atom. The van der Waals surface area contributed by atoms with Gasteiger partial charge < -0.3 is 9.47 Å². The summed E-state index contributed by atoms with van der Waals surface area (Å²) in [6.07, 6.45) is 0. The number of hydrogen-bond donors (Lipinski definition) is 0. The Balaban J connectivity index is 1.46. The minimum absolute atomic E-state index is 0.209. The molecule has 4 aromatic rings. The zero-order valence-corrected chi connectivity index (χ0v) is 19.7. The highest BCUT2D eigenvalue weighted by Gasteiger charge is 2.17. The van der Waals surface area contributed by atoms with Gasteiger partial charge in [-0.05, 0) is 83.3 Å². The van der Waals surface area contributed by atoms with Gasteiger partial charge in [0.15, 0.2) is 0 Å². The molecule has 33 heavy (non-hydrogen) atoms. The highest BCUT2D eigenvalue weighted by atomic mass is 32.2. The van der Waals surface area contributed by atoms with E-state index in [1.807, 2.05) is 24.3 Å². The van der Waals surface area contributed by atoms with E-state index in [9.17, 15) is 8.42 Å². The van der Waals surface area contributed by atoms with Gasteiger partial charge in [-0.3, -0.25) is 0 Å². The number of sulfone groups is 1. The molecule has 0 aliphatic heterocycles. The Hall–Kier alpha value is -3.57. The Labute approximate surface area is 195 Å². The highest BCUT2D eigenvalue weighted by molar-refractivity contribution is 7.91. The van der Waals surface area contributed by atoms with Gasteiger partial charge in [0.1, 0.15) is 17.2 Å². The van der Waals surface area contributed by atoms with Gasteiger partial charge in [-0.25, -0.2) is 8.42 Å². The number of methoxy groups -OCH3 is 1. The first-order chi connectivity index (χ1) is 15.9.